The SMILES string of the molecule is CN(C(=O)OC(C)(C)C)C(Cc1ccccc1)C(O)CC(Cc1ccc(OCCN2CCOCC2)cc1)C(=O)N[C@H]1c2ccccc2C[C@@H]1O. The number of morpholine rings is 1. The number of fused-ring (bicyclic) bond motifs is 1. The molecule has 270 valence electrons. The number of rotatable bonds is 14. The monoisotopic (exact) mass is 687 g/mol. The van der Waals surface area contributed by atoms with Gasteiger partial charge in [0.05, 0.1) is 37.5 Å². The lowest BCUT2D eigenvalue weighted by Gasteiger charge is -2.35. The van der Waals surface area contributed by atoms with Crippen molar-refractivity contribution >= 4 is 12.0 Å². The van der Waals surface area contributed by atoms with Gasteiger partial charge < -0.3 is 34.6 Å². The topological polar surface area (TPSA) is 121 Å². The van der Waals surface area contributed by atoms with Crippen LogP contribution >= 0.6 is 0 Å². The second-order valence-corrected chi connectivity index (χ2v) is 14.5. The Bertz CT molecular complexity index is 1520. The first-order valence-electron chi connectivity index (χ1n) is 17.7. The molecule has 1 aliphatic carbocycles. The summed E-state index contributed by atoms with van der Waals surface area (Å²) >= 11 is 0. The Morgan fingerprint density at radius 1 is 0.960 bits per heavy atom. The number of amides is 2. The second-order valence-electron chi connectivity index (χ2n) is 14.5. The number of carbonyl (C=O) groups is 2. The molecule has 1 heterocycles. The Labute approximate surface area is 296 Å². The van der Waals surface area contributed by atoms with E-state index in [-0.39, 0.29) is 12.3 Å². The Morgan fingerprint density at radius 3 is 2.32 bits per heavy atom. The lowest BCUT2D eigenvalue weighted by atomic mass is 9.88. The molecule has 1 fully saturated rings. The number of hydrogen-bond acceptors (Lipinski definition) is 8. The molecule has 0 bridgehead atoms. The minimum absolute atomic E-state index is 0.0821. The maximum Gasteiger partial charge on any atom is 0.410 e. The molecule has 10 heteroatoms. The highest BCUT2D eigenvalue weighted by Crippen LogP contribution is 2.32. The molecular weight excluding hydrogens is 634 g/mol. The van der Waals surface area contributed by atoms with Crippen LogP contribution in [0, 0.1) is 5.92 Å². The Balaban J connectivity index is 1.33. The van der Waals surface area contributed by atoms with E-state index < -0.39 is 41.9 Å². The largest absolute Gasteiger partial charge is 0.492 e. The first-order chi connectivity index (χ1) is 24.0. The van der Waals surface area contributed by atoms with Gasteiger partial charge in [0.2, 0.25) is 5.91 Å². The molecular formula is C40H53N3O7. The number of aliphatic hydroxyl groups is 2. The fraction of sp³-hybridized carbons (Fsp3) is 0.500. The highest BCUT2D eigenvalue weighted by molar-refractivity contribution is 5.80. The molecule has 0 saturated carbocycles. The molecule has 3 N–H and O–H groups in total. The molecule has 5 atom stereocenters. The third kappa shape index (κ3) is 10.5. The molecule has 3 aromatic carbocycles. The number of likely N-dealkylation sites (N-methyl/N-ethyl adjacent to an activating group) is 1. The van der Waals surface area contributed by atoms with E-state index in [1.54, 1.807) is 27.8 Å². The molecule has 10 nitrogen and oxygen atoms in total. The van der Waals surface area contributed by atoms with E-state index in [0.717, 1.165) is 60.9 Å². The minimum atomic E-state index is -1.06. The number of aliphatic hydroxyl groups excluding tert-OH is 2. The number of benzene rings is 3. The van der Waals surface area contributed by atoms with Crippen LogP contribution in [0.1, 0.15) is 55.5 Å². The third-order valence-corrected chi connectivity index (χ3v) is 9.49. The van der Waals surface area contributed by atoms with Crippen LogP contribution < -0.4 is 10.1 Å². The van der Waals surface area contributed by atoms with Gasteiger partial charge in [-0.05, 0) is 74.4 Å². The smallest absolute Gasteiger partial charge is 0.410 e. The van der Waals surface area contributed by atoms with Gasteiger partial charge in [0.15, 0.2) is 0 Å². The number of ether oxygens (including phenoxy) is 3. The summed E-state index contributed by atoms with van der Waals surface area (Å²) in [6.07, 6.45) is -1.10. The quantitative estimate of drug-likeness (QED) is 0.226. The summed E-state index contributed by atoms with van der Waals surface area (Å²) in [4.78, 5) is 31.2. The number of nitrogens with one attached hydrogen (secondary N) is 1. The molecule has 0 spiro atoms. The Kier molecular flexibility index (Phi) is 12.9. The normalized spacial score (nSPS) is 19.6. The van der Waals surface area contributed by atoms with E-state index in [1.165, 1.54) is 4.90 Å². The summed E-state index contributed by atoms with van der Waals surface area (Å²) in [5, 5.41) is 25.9. The molecule has 0 aromatic heterocycles. The third-order valence-electron chi connectivity index (χ3n) is 9.49. The standard InChI is InChI=1S/C40H53N3O7/c1-40(2,3)50-39(47)42(4)34(25-28-10-6-5-7-11-28)35(44)27-31(38(46)41-37-33-13-9-8-12-30(33)26-36(37)45)24-29-14-16-32(17-15-29)49-23-20-43-18-21-48-22-19-43/h5-17,31,34-37,44-45H,18-27H2,1-4H3,(H,41,46)/t31?,34?,35?,36-,37-/m0/s1. The number of carbonyl (C=O) groups excluding carboxylic acids is 2. The lowest BCUT2D eigenvalue weighted by Crippen LogP contribution is -2.49. The first-order valence-corrected chi connectivity index (χ1v) is 17.7. The van der Waals surface area contributed by atoms with Gasteiger partial charge >= 0.3 is 6.09 Å². The van der Waals surface area contributed by atoms with Gasteiger partial charge in [-0.2, -0.15) is 0 Å². The van der Waals surface area contributed by atoms with Crippen LogP contribution in [-0.2, 0) is 33.5 Å². The van der Waals surface area contributed by atoms with Crippen molar-refractivity contribution in [2.24, 2.45) is 5.92 Å². The predicted octanol–water partition coefficient (Wildman–Crippen LogP) is 4.56. The average Bonchev–Trinajstić information content (AvgIpc) is 3.41. The van der Waals surface area contributed by atoms with Gasteiger partial charge in [0.1, 0.15) is 18.0 Å². The molecule has 50 heavy (non-hydrogen) atoms. The van der Waals surface area contributed by atoms with Crippen LogP contribution in [-0.4, -0.2) is 102 Å². The van der Waals surface area contributed by atoms with Crippen LogP contribution in [0.3, 0.4) is 0 Å². The van der Waals surface area contributed by atoms with Gasteiger partial charge in [-0.25, -0.2) is 4.79 Å². The molecule has 1 saturated heterocycles. The van der Waals surface area contributed by atoms with Gasteiger partial charge in [-0.1, -0.05) is 66.7 Å². The molecule has 2 aliphatic rings. The first kappa shape index (κ1) is 37.3. The highest BCUT2D eigenvalue weighted by Gasteiger charge is 2.37. The summed E-state index contributed by atoms with van der Waals surface area (Å²) in [5.41, 5.74) is 3.05. The van der Waals surface area contributed by atoms with Crippen LogP contribution in [0.2, 0.25) is 0 Å². The van der Waals surface area contributed by atoms with Crippen molar-refractivity contribution in [1.82, 2.24) is 15.1 Å². The van der Waals surface area contributed by atoms with E-state index in [9.17, 15) is 19.8 Å². The van der Waals surface area contributed by atoms with Crippen molar-refractivity contribution in [1.29, 1.82) is 0 Å². The van der Waals surface area contributed by atoms with Crippen molar-refractivity contribution in [3.05, 3.63) is 101 Å². The maximum atomic E-state index is 14.1. The van der Waals surface area contributed by atoms with E-state index in [2.05, 4.69) is 10.2 Å². The summed E-state index contributed by atoms with van der Waals surface area (Å²) in [6, 6.07) is 23.9. The van der Waals surface area contributed by atoms with Crippen molar-refractivity contribution in [2.45, 2.75) is 76.3 Å². The Hall–Kier alpha value is -3.96. The zero-order chi connectivity index (χ0) is 35.7. The van der Waals surface area contributed by atoms with Crippen molar-refractivity contribution in [3.63, 3.8) is 0 Å². The second kappa shape index (κ2) is 17.3. The molecule has 3 unspecified atom stereocenters. The van der Waals surface area contributed by atoms with Crippen LogP contribution in [0.5, 0.6) is 5.75 Å². The summed E-state index contributed by atoms with van der Waals surface area (Å²) in [6.45, 7) is 10.1. The van der Waals surface area contributed by atoms with E-state index in [1.807, 2.05) is 78.9 Å². The predicted molar refractivity (Wildman–Crippen MR) is 192 cm³/mol. The number of hydrogen-bond donors (Lipinski definition) is 3. The number of nitrogens with zero attached hydrogens (tertiary/aromatic N) is 2. The van der Waals surface area contributed by atoms with Crippen LogP contribution in [0.4, 0.5) is 4.79 Å². The van der Waals surface area contributed by atoms with Gasteiger partial charge in [-0.15, -0.1) is 0 Å². The van der Waals surface area contributed by atoms with Crippen molar-refractivity contribution in [2.75, 3.05) is 46.5 Å². The zero-order valence-corrected chi connectivity index (χ0v) is 29.8. The summed E-state index contributed by atoms with van der Waals surface area (Å²) < 4.78 is 17.1. The molecule has 0 radical (unpaired) electrons. The van der Waals surface area contributed by atoms with Gasteiger partial charge in [0.25, 0.3) is 0 Å². The van der Waals surface area contributed by atoms with E-state index in [0.29, 0.717) is 25.9 Å². The molecule has 1 aliphatic heterocycles. The minimum Gasteiger partial charge on any atom is -0.492 e. The molecule has 2 amide bonds. The summed E-state index contributed by atoms with van der Waals surface area (Å²) in [5.74, 6) is -0.187. The van der Waals surface area contributed by atoms with Gasteiger partial charge in [0, 0.05) is 39.0 Å². The average molecular weight is 688 g/mol. The van der Waals surface area contributed by atoms with E-state index >= 15 is 0 Å². The highest BCUT2D eigenvalue weighted by atomic mass is 16.6. The fourth-order valence-electron chi connectivity index (χ4n) is 6.73. The van der Waals surface area contributed by atoms with Crippen molar-refractivity contribution < 1.29 is 34.0 Å². The lowest BCUT2D eigenvalue weighted by molar-refractivity contribution is -0.128. The zero-order valence-electron chi connectivity index (χ0n) is 29.8. The van der Waals surface area contributed by atoms with Crippen LogP contribution in [0.15, 0.2) is 78.9 Å². The van der Waals surface area contributed by atoms with Gasteiger partial charge in [-0.3, -0.25) is 9.69 Å². The van der Waals surface area contributed by atoms with Crippen molar-refractivity contribution in [3.8, 4) is 5.75 Å². The fourth-order valence-corrected chi connectivity index (χ4v) is 6.73. The van der Waals surface area contributed by atoms with E-state index in [4.69, 9.17) is 14.2 Å². The molecule has 3 aromatic rings. The Morgan fingerprint density at radius 2 is 1.62 bits per heavy atom. The molecule has 5 rings (SSSR count). The van der Waals surface area contributed by atoms with Crippen LogP contribution in [0.25, 0.3) is 0 Å². The summed E-state index contributed by atoms with van der Waals surface area (Å²) in [7, 11) is 1.63. The maximum absolute atomic E-state index is 14.1.